The molecule has 5 nitrogen and oxygen atoms in total. The number of likely N-dealkylation sites (tertiary alicyclic amines) is 1. The van der Waals surface area contributed by atoms with Gasteiger partial charge in [0, 0.05) is 29.4 Å². The summed E-state index contributed by atoms with van der Waals surface area (Å²) in [7, 11) is 0. The number of halogens is 1. The Morgan fingerprint density at radius 1 is 1.23 bits per heavy atom. The first kappa shape index (κ1) is 20.8. The van der Waals surface area contributed by atoms with Crippen LogP contribution in [0.15, 0.2) is 57.5 Å². The highest BCUT2D eigenvalue weighted by atomic mass is 79.9. The molecule has 1 aliphatic heterocycles. The zero-order valence-corrected chi connectivity index (χ0v) is 18.9. The van der Waals surface area contributed by atoms with Gasteiger partial charge in [-0.3, -0.25) is 4.79 Å². The highest BCUT2D eigenvalue weighted by Crippen LogP contribution is 2.33. The number of hydrogen-bond acceptors (Lipinski definition) is 4. The molecule has 0 radical (unpaired) electrons. The second-order valence-electron chi connectivity index (χ2n) is 8.09. The Hall–Kier alpha value is -2.47. The molecule has 156 valence electrons. The lowest BCUT2D eigenvalue weighted by Gasteiger charge is -2.25. The van der Waals surface area contributed by atoms with Crippen molar-refractivity contribution >= 4 is 21.8 Å². The topological polar surface area (TPSA) is 59.2 Å². The van der Waals surface area contributed by atoms with Crippen LogP contribution in [0.1, 0.15) is 62.1 Å². The van der Waals surface area contributed by atoms with E-state index in [1.807, 2.05) is 29.2 Å². The number of aromatic nitrogens is 2. The Morgan fingerprint density at radius 3 is 2.77 bits per heavy atom. The molecule has 0 spiro atoms. The predicted molar refractivity (Wildman–Crippen MR) is 120 cm³/mol. The highest BCUT2D eigenvalue weighted by Gasteiger charge is 2.30. The van der Waals surface area contributed by atoms with Crippen molar-refractivity contribution in [3.63, 3.8) is 0 Å². The van der Waals surface area contributed by atoms with E-state index in [-0.39, 0.29) is 11.9 Å². The molecule has 2 aromatic carbocycles. The molecular formula is C24H26BrN3O2. The molecule has 2 heterocycles. The summed E-state index contributed by atoms with van der Waals surface area (Å²) < 4.78 is 6.44. The van der Waals surface area contributed by atoms with Crippen LogP contribution in [0.3, 0.4) is 0 Å². The third-order valence-corrected chi connectivity index (χ3v) is 6.16. The zero-order valence-electron chi connectivity index (χ0n) is 17.3. The van der Waals surface area contributed by atoms with Gasteiger partial charge in [-0.15, -0.1) is 0 Å². The molecule has 3 aromatic rings. The van der Waals surface area contributed by atoms with Crippen molar-refractivity contribution in [3.8, 4) is 11.4 Å². The minimum atomic E-state index is 0.138. The summed E-state index contributed by atoms with van der Waals surface area (Å²) in [6.45, 7) is 5.13. The van der Waals surface area contributed by atoms with Crippen LogP contribution >= 0.6 is 15.9 Å². The average Bonchev–Trinajstić information content (AvgIpc) is 3.42. The van der Waals surface area contributed by atoms with Crippen molar-refractivity contribution in [2.75, 3.05) is 6.54 Å². The van der Waals surface area contributed by atoms with E-state index in [1.165, 1.54) is 11.1 Å². The van der Waals surface area contributed by atoms with Crippen LogP contribution in [-0.2, 0) is 11.2 Å². The van der Waals surface area contributed by atoms with Crippen molar-refractivity contribution in [1.82, 2.24) is 15.0 Å². The fraction of sp³-hybridized carbons (Fsp3) is 0.375. The molecule has 1 fully saturated rings. The smallest absolute Gasteiger partial charge is 0.227 e. The second-order valence-corrected chi connectivity index (χ2v) is 9.00. The quantitative estimate of drug-likeness (QED) is 0.451. The molecule has 1 saturated heterocycles. The number of aryl methyl sites for hydroxylation is 1. The van der Waals surface area contributed by atoms with E-state index < -0.39 is 0 Å². The van der Waals surface area contributed by atoms with Crippen molar-refractivity contribution in [1.29, 1.82) is 0 Å². The third-order valence-electron chi connectivity index (χ3n) is 5.66. The first-order chi connectivity index (χ1) is 14.5. The maximum Gasteiger partial charge on any atom is 0.227 e. The lowest BCUT2D eigenvalue weighted by molar-refractivity contribution is -0.132. The summed E-state index contributed by atoms with van der Waals surface area (Å²) in [6.07, 6.45) is 2.86. The van der Waals surface area contributed by atoms with Crippen LogP contribution in [0.4, 0.5) is 0 Å². The molecule has 0 N–H and O–H groups in total. The summed E-state index contributed by atoms with van der Waals surface area (Å²) in [4.78, 5) is 19.4. The van der Waals surface area contributed by atoms with Crippen LogP contribution in [0.25, 0.3) is 11.4 Å². The SMILES string of the molecule is CC(C)c1ccc(-c2noc(CCC(=O)N3CCCC3c3cccc(Br)c3)n2)cc1. The maximum absolute atomic E-state index is 12.9. The van der Waals surface area contributed by atoms with Crippen molar-refractivity contribution < 1.29 is 9.32 Å². The number of amides is 1. The van der Waals surface area contributed by atoms with E-state index >= 15 is 0 Å². The van der Waals surface area contributed by atoms with Gasteiger partial charge in [0.1, 0.15) is 0 Å². The fourth-order valence-corrected chi connectivity index (χ4v) is 4.39. The van der Waals surface area contributed by atoms with Crippen molar-refractivity contribution in [3.05, 3.63) is 70.0 Å². The number of hydrogen-bond donors (Lipinski definition) is 0. The minimum Gasteiger partial charge on any atom is -0.339 e. The summed E-state index contributed by atoms with van der Waals surface area (Å²) in [5.41, 5.74) is 3.38. The summed E-state index contributed by atoms with van der Waals surface area (Å²) in [5.74, 6) is 1.70. The van der Waals surface area contributed by atoms with Gasteiger partial charge in [0.2, 0.25) is 17.6 Å². The fourth-order valence-electron chi connectivity index (χ4n) is 3.97. The monoisotopic (exact) mass is 467 g/mol. The van der Waals surface area contributed by atoms with Crippen molar-refractivity contribution in [2.24, 2.45) is 0 Å². The van der Waals surface area contributed by atoms with E-state index in [9.17, 15) is 4.79 Å². The summed E-state index contributed by atoms with van der Waals surface area (Å²) in [6, 6.07) is 16.6. The molecule has 0 saturated carbocycles. The Morgan fingerprint density at radius 2 is 2.03 bits per heavy atom. The van der Waals surface area contributed by atoms with Crippen LogP contribution in [0.5, 0.6) is 0 Å². The lowest BCUT2D eigenvalue weighted by Crippen LogP contribution is -2.30. The molecule has 1 unspecified atom stereocenters. The number of nitrogens with zero attached hydrogens (tertiary/aromatic N) is 3. The largest absolute Gasteiger partial charge is 0.339 e. The van der Waals surface area contributed by atoms with Gasteiger partial charge in [-0.05, 0) is 42.0 Å². The minimum absolute atomic E-state index is 0.138. The second kappa shape index (κ2) is 9.13. The zero-order chi connectivity index (χ0) is 21.1. The Balaban J connectivity index is 1.38. The molecule has 1 atom stereocenters. The molecule has 4 rings (SSSR count). The van der Waals surface area contributed by atoms with Gasteiger partial charge in [-0.1, -0.05) is 71.3 Å². The van der Waals surface area contributed by atoms with Crippen molar-refractivity contribution in [2.45, 2.75) is 51.5 Å². The molecule has 6 heteroatoms. The van der Waals surface area contributed by atoms with Crippen LogP contribution in [-0.4, -0.2) is 27.5 Å². The van der Waals surface area contributed by atoms with Crippen LogP contribution < -0.4 is 0 Å². The molecule has 0 bridgehead atoms. The van der Waals surface area contributed by atoms with Crippen LogP contribution in [0.2, 0.25) is 0 Å². The van der Waals surface area contributed by atoms with Gasteiger partial charge < -0.3 is 9.42 Å². The molecule has 30 heavy (non-hydrogen) atoms. The number of carbonyl (C=O) groups excluding carboxylic acids is 1. The van der Waals surface area contributed by atoms with E-state index in [2.05, 4.69) is 64.2 Å². The maximum atomic E-state index is 12.9. The number of carbonyl (C=O) groups is 1. The average molecular weight is 468 g/mol. The standard InChI is InChI=1S/C24H26BrN3O2/c1-16(2)17-8-10-18(11-9-17)24-26-22(30-27-24)12-13-23(29)28-14-4-7-21(28)19-5-3-6-20(25)15-19/h3,5-6,8-11,15-16,21H,4,7,12-14H2,1-2H3. The molecule has 1 aliphatic rings. The van der Waals surface area contributed by atoms with Gasteiger partial charge in [-0.25, -0.2) is 0 Å². The first-order valence-electron chi connectivity index (χ1n) is 10.5. The molecule has 1 amide bonds. The normalized spacial score (nSPS) is 16.4. The molecule has 0 aliphatic carbocycles. The van der Waals surface area contributed by atoms with E-state index in [0.717, 1.165) is 29.4 Å². The number of benzene rings is 2. The van der Waals surface area contributed by atoms with Gasteiger partial charge in [0.15, 0.2) is 0 Å². The van der Waals surface area contributed by atoms with Crippen LogP contribution in [0, 0.1) is 0 Å². The lowest BCUT2D eigenvalue weighted by atomic mass is 10.0. The van der Waals surface area contributed by atoms with Gasteiger partial charge >= 0.3 is 0 Å². The van der Waals surface area contributed by atoms with E-state index in [4.69, 9.17) is 4.52 Å². The predicted octanol–water partition coefficient (Wildman–Crippen LogP) is 5.92. The third kappa shape index (κ3) is 4.64. The van der Waals surface area contributed by atoms with Gasteiger partial charge in [-0.2, -0.15) is 4.98 Å². The van der Waals surface area contributed by atoms with Gasteiger partial charge in [0.05, 0.1) is 6.04 Å². The molecule has 1 aromatic heterocycles. The summed E-state index contributed by atoms with van der Waals surface area (Å²) in [5, 5.41) is 4.09. The van der Waals surface area contributed by atoms with Gasteiger partial charge in [0.25, 0.3) is 0 Å². The Labute approximate surface area is 185 Å². The number of rotatable bonds is 6. The first-order valence-corrected chi connectivity index (χ1v) is 11.3. The molecular weight excluding hydrogens is 442 g/mol. The highest BCUT2D eigenvalue weighted by molar-refractivity contribution is 9.10. The van der Waals surface area contributed by atoms with E-state index in [0.29, 0.717) is 30.5 Å². The van der Waals surface area contributed by atoms with E-state index in [1.54, 1.807) is 0 Å². The Kier molecular flexibility index (Phi) is 6.32. The Bertz CT molecular complexity index is 1010. The summed E-state index contributed by atoms with van der Waals surface area (Å²) >= 11 is 3.53.